The molecule has 7 heteroatoms. The number of nitrogens with zero attached hydrogens (tertiary/aromatic N) is 5. The molecule has 0 aromatic carbocycles. The second kappa shape index (κ2) is 4.14. The Labute approximate surface area is 118 Å². The van der Waals surface area contributed by atoms with Crippen LogP contribution in [0.15, 0.2) is 49.1 Å². The van der Waals surface area contributed by atoms with Crippen LogP contribution >= 0.6 is 0 Å². The molecular weight excluding hydrogens is 268 g/mol. The number of aromatic nitrogens is 5. The maximum absolute atomic E-state index is 11.2. The van der Waals surface area contributed by atoms with E-state index in [0.717, 1.165) is 16.9 Å². The summed E-state index contributed by atoms with van der Waals surface area (Å²) in [6.45, 7) is 0. The van der Waals surface area contributed by atoms with Crippen LogP contribution in [0.2, 0.25) is 0 Å². The lowest BCUT2D eigenvalue weighted by atomic mass is 10.3. The van der Waals surface area contributed by atoms with Gasteiger partial charge >= 0.3 is 0 Å². The Bertz CT molecular complexity index is 983. The molecule has 0 fully saturated rings. The van der Waals surface area contributed by atoms with Crippen molar-refractivity contribution in [3.05, 3.63) is 54.6 Å². The quantitative estimate of drug-likeness (QED) is 0.595. The second-order valence-corrected chi connectivity index (χ2v) is 4.62. The summed E-state index contributed by atoms with van der Waals surface area (Å²) in [6, 6.07) is 7.76. The first kappa shape index (κ1) is 11.6. The summed E-state index contributed by atoms with van der Waals surface area (Å²) in [5.74, 6) is -0.0204. The molecule has 0 atom stereocenters. The van der Waals surface area contributed by atoms with Gasteiger partial charge in [-0.25, -0.2) is 14.5 Å². The van der Waals surface area contributed by atoms with Gasteiger partial charge < -0.3 is 5.73 Å². The molecule has 4 rings (SSSR count). The summed E-state index contributed by atoms with van der Waals surface area (Å²) in [4.78, 5) is 19.8. The van der Waals surface area contributed by atoms with Gasteiger partial charge in [0.2, 0.25) is 5.78 Å². The highest BCUT2D eigenvalue weighted by molar-refractivity contribution is 5.92. The van der Waals surface area contributed by atoms with Crippen LogP contribution < -0.4 is 5.73 Å². The number of nitrogens with two attached hydrogens (primary N) is 1. The molecule has 21 heavy (non-hydrogen) atoms. The van der Waals surface area contributed by atoms with Gasteiger partial charge in [-0.05, 0) is 18.2 Å². The molecule has 0 unspecified atom stereocenters. The van der Waals surface area contributed by atoms with Crippen LogP contribution in [0.4, 0.5) is 0 Å². The van der Waals surface area contributed by atoms with Gasteiger partial charge in [-0.2, -0.15) is 5.10 Å². The van der Waals surface area contributed by atoms with E-state index in [-0.39, 0.29) is 0 Å². The van der Waals surface area contributed by atoms with E-state index in [0.29, 0.717) is 11.3 Å². The number of hydrogen-bond donors (Lipinski definition) is 1. The van der Waals surface area contributed by atoms with E-state index in [2.05, 4.69) is 15.1 Å². The van der Waals surface area contributed by atoms with Gasteiger partial charge in [-0.3, -0.25) is 9.20 Å². The van der Waals surface area contributed by atoms with E-state index in [1.165, 1.54) is 6.20 Å². The van der Waals surface area contributed by atoms with E-state index >= 15 is 0 Å². The molecule has 4 aromatic rings. The summed E-state index contributed by atoms with van der Waals surface area (Å²) in [7, 11) is 0. The predicted octanol–water partition coefficient (Wildman–Crippen LogP) is 1.14. The average Bonchev–Trinajstić information content (AvgIpc) is 3.12. The van der Waals surface area contributed by atoms with Crippen molar-refractivity contribution < 1.29 is 4.79 Å². The Morgan fingerprint density at radius 2 is 2.10 bits per heavy atom. The number of carbonyl (C=O) groups is 1. The molecule has 2 N–H and O–H groups in total. The van der Waals surface area contributed by atoms with Crippen LogP contribution in [0.25, 0.3) is 22.7 Å². The summed E-state index contributed by atoms with van der Waals surface area (Å²) in [5, 5.41) is 4.28. The van der Waals surface area contributed by atoms with Crippen LogP contribution in [-0.4, -0.2) is 29.9 Å². The Kier molecular flexibility index (Phi) is 2.28. The van der Waals surface area contributed by atoms with E-state index in [1.54, 1.807) is 27.5 Å². The SMILES string of the molecule is NC(=O)c1cnc2nc(-c3cccc4ccnn34)cn2c1. The topological polar surface area (TPSA) is 90.6 Å². The molecule has 0 radical (unpaired) electrons. The average molecular weight is 278 g/mol. The van der Waals surface area contributed by atoms with Crippen LogP contribution in [0, 0.1) is 0 Å². The Morgan fingerprint density at radius 3 is 2.95 bits per heavy atom. The molecule has 4 heterocycles. The number of carbonyl (C=O) groups excluding carboxylic acids is 1. The summed E-state index contributed by atoms with van der Waals surface area (Å²) >= 11 is 0. The summed E-state index contributed by atoms with van der Waals surface area (Å²) < 4.78 is 3.48. The predicted molar refractivity (Wildman–Crippen MR) is 75.7 cm³/mol. The zero-order valence-corrected chi connectivity index (χ0v) is 10.8. The lowest BCUT2D eigenvalue weighted by Crippen LogP contribution is -2.12. The Morgan fingerprint density at radius 1 is 1.19 bits per heavy atom. The zero-order chi connectivity index (χ0) is 14.4. The third-order valence-corrected chi connectivity index (χ3v) is 3.28. The van der Waals surface area contributed by atoms with Crippen molar-refractivity contribution in [2.75, 3.05) is 0 Å². The number of pyridine rings is 1. The first-order valence-electron chi connectivity index (χ1n) is 6.30. The van der Waals surface area contributed by atoms with Gasteiger partial charge in [-0.15, -0.1) is 0 Å². The van der Waals surface area contributed by atoms with Crippen LogP contribution in [0.3, 0.4) is 0 Å². The summed E-state index contributed by atoms with van der Waals surface area (Å²) in [5.41, 5.74) is 8.15. The van der Waals surface area contributed by atoms with E-state index < -0.39 is 5.91 Å². The standard InChI is InChI=1S/C14H10N6O/c15-13(21)9-6-16-14-18-11(8-19(14)7-9)12-3-1-2-10-4-5-17-20(10)12/h1-8H,(H2,15,21). The molecule has 4 aromatic heterocycles. The van der Waals surface area contributed by atoms with Crippen molar-refractivity contribution >= 4 is 17.2 Å². The largest absolute Gasteiger partial charge is 0.366 e. The molecule has 0 saturated carbocycles. The fourth-order valence-corrected chi connectivity index (χ4v) is 2.28. The maximum atomic E-state index is 11.2. The zero-order valence-electron chi connectivity index (χ0n) is 10.8. The fraction of sp³-hybridized carbons (Fsp3) is 0. The molecule has 0 aliphatic rings. The van der Waals surface area contributed by atoms with Gasteiger partial charge in [0.1, 0.15) is 5.69 Å². The second-order valence-electron chi connectivity index (χ2n) is 4.62. The molecule has 1 amide bonds. The molecule has 0 aliphatic carbocycles. The van der Waals surface area contributed by atoms with Crippen molar-refractivity contribution in [1.29, 1.82) is 0 Å². The molecule has 0 bridgehead atoms. The number of amides is 1. The van der Waals surface area contributed by atoms with Crippen molar-refractivity contribution in [1.82, 2.24) is 24.0 Å². The van der Waals surface area contributed by atoms with E-state index in [4.69, 9.17) is 5.73 Å². The monoisotopic (exact) mass is 278 g/mol. The fourth-order valence-electron chi connectivity index (χ4n) is 2.28. The number of fused-ring (bicyclic) bond motifs is 2. The molecule has 0 spiro atoms. The Hall–Kier alpha value is -3.22. The minimum Gasteiger partial charge on any atom is -0.366 e. The van der Waals surface area contributed by atoms with Crippen LogP contribution in [-0.2, 0) is 0 Å². The molecule has 0 saturated heterocycles. The maximum Gasteiger partial charge on any atom is 0.251 e. The van der Waals surface area contributed by atoms with E-state index in [9.17, 15) is 4.79 Å². The van der Waals surface area contributed by atoms with Crippen molar-refractivity contribution in [3.63, 3.8) is 0 Å². The van der Waals surface area contributed by atoms with Gasteiger partial charge in [0, 0.05) is 18.6 Å². The van der Waals surface area contributed by atoms with Gasteiger partial charge in [-0.1, -0.05) is 6.07 Å². The first-order valence-corrected chi connectivity index (χ1v) is 6.30. The van der Waals surface area contributed by atoms with E-state index in [1.807, 2.05) is 24.3 Å². The lowest BCUT2D eigenvalue weighted by Gasteiger charge is -2.00. The molecule has 102 valence electrons. The van der Waals surface area contributed by atoms with Crippen molar-refractivity contribution in [3.8, 4) is 11.4 Å². The van der Waals surface area contributed by atoms with Gasteiger partial charge in [0.25, 0.3) is 5.91 Å². The van der Waals surface area contributed by atoms with Gasteiger partial charge in [0.15, 0.2) is 0 Å². The minimum atomic E-state index is -0.520. The number of primary amides is 1. The highest BCUT2D eigenvalue weighted by Gasteiger charge is 2.10. The number of imidazole rings is 1. The van der Waals surface area contributed by atoms with Crippen LogP contribution in [0.5, 0.6) is 0 Å². The lowest BCUT2D eigenvalue weighted by molar-refractivity contribution is 0.0999. The first-order chi connectivity index (χ1) is 10.2. The highest BCUT2D eigenvalue weighted by atomic mass is 16.1. The highest BCUT2D eigenvalue weighted by Crippen LogP contribution is 2.19. The minimum absolute atomic E-state index is 0.337. The molecular formula is C14H10N6O. The number of rotatable bonds is 2. The third kappa shape index (κ3) is 1.75. The number of hydrogen-bond acceptors (Lipinski definition) is 4. The molecule has 7 nitrogen and oxygen atoms in total. The third-order valence-electron chi connectivity index (χ3n) is 3.28. The van der Waals surface area contributed by atoms with Gasteiger partial charge in [0.05, 0.1) is 23.0 Å². The normalized spacial score (nSPS) is 11.2. The summed E-state index contributed by atoms with van der Waals surface area (Å²) in [6.07, 6.45) is 6.57. The molecule has 0 aliphatic heterocycles. The smallest absolute Gasteiger partial charge is 0.251 e. The van der Waals surface area contributed by atoms with Crippen molar-refractivity contribution in [2.24, 2.45) is 5.73 Å². The van der Waals surface area contributed by atoms with Crippen molar-refractivity contribution in [2.45, 2.75) is 0 Å². The van der Waals surface area contributed by atoms with Crippen LogP contribution in [0.1, 0.15) is 10.4 Å². The Balaban J connectivity index is 1.94.